The van der Waals surface area contributed by atoms with Gasteiger partial charge in [0.05, 0.1) is 30.5 Å². The van der Waals surface area contributed by atoms with Gasteiger partial charge in [0.25, 0.3) is 0 Å². The molecule has 0 aliphatic heterocycles. The van der Waals surface area contributed by atoms with E-state index in [9.17, 15) is 9.59 Å². The highest BCUT2D eigenvalue weighted by molar-refractivity contribution is 7.98. The van der Waals surface area contributed by atoms with Crippen molar-refractivity contribution in [3.8, 4) is 11.8 Å². The van der Waals surface area contributed by atoms with Gasteiger partial charge in [-0.3, -0.25) is 5.32 Å². The number of rotatable bonds is 4. The van der Waals surface area contributed by atoms with Crippen LogP contribution in [0.2, 0.25) is 0 Å². The smallest absolute Gasteiger partial charge is 0.411 e. The Labute approximate surface area is 183 Å². The molecule has 0 saturated heterocycles. The van der Waals surface area contributed by atoms with Crippen molar-refractivity contribution in [3.05, 3.63) is 41.2 Å². The lowest BCUT2D eigenvalue weighted by Gasteiger charge is -2.07. The minimum atomic E-state index is -0.577. The van der Waals surface area contributed by atoms with Gasteiger partial charge in [0, 0.05) is 12.6 Å². The van der Waals surface area contributed by atoms with E-state index < -0.39 is 12.1 Å². The molecule has 0 atom stereocenters. The number of ether oxygens (including phenoxy) is 2. The molecule has 0 bridgehead atoms. The highest BCUT2D eigenvalue weighted by atomic mass is 32.2. The second kappa shape index (κ2) is 9.40. The number of para-hydroxylation sites is 1. The lowest BCUT2D eigenvalue weighted by atomic mass is 10.1. The van der Waals surface area contributed by atoms with Crippen molar-refractivity contribution < 1.29 is 19.1 Å². The number of nitrogens with zero attached hydrogens (tertiary/aromatic N) is 3. The summed E-state index contributed by atoms with van der Waals surface area (Å²) < 4.78 is 11.3. The third kappa shape index (κ3) is 4.41. The maximum atomic E-state index is 12.2. The first-order chi connectivity index (χ1) is 14.9. The molecular weight excluding hydrogens is 418 g/mol. The van der Waals surface area contributed by atoms with E-state index in [4.69, 9.17) is 15.2 Å². The summed E-state index contributed by atoms with van der Waals surface area (Å²) in [5.74, 6) is 5.45. The van der Waals surface area contributed by atoms with Crippen molar-refractivity contribution in [2.75, 3.05) is 31.0 Å². The maximum absolute atomic E-state index is 12.2. The second-order valence-corrected chi connectivity index (χ2v) is 6.98. The van der Waals surface area contributed by atoms with Gasteiger partial charge in [-0.15, -0.1) is 0 Å². The minimum absolute atomic E-state index is 0.178. The molecule has 2 aromatic heterocycles. The monoisotopic (exact) mass is 439 g/mol. The number of fused-ring (bicyclic) bond motifs is 1. The molecule has 0 saturated carbocycles. The van der Waals surface area contributed by atoms with Gasteiger partial charge in [0.15, 0.2) is 10.9 Å². The fraction of sp³-hybridized carbons (Fsp3) is 0.238. The molecule has 0 spiro atoms. The molecule has 3 N–H and O–H groups in total. The average Bonchev–Trinajstić information content (AvgIpc) is 3.02. The van der Waals surface area contributed by atoms with Crippen LogP contribution in [0.3, 0.4) is 0 Å². The summed E-state index contributed by atoms with van der Waals surface area (Å²) in [6, 6.07) is 7.06. The lowest BCUT2D eigenvalue weighted by Crippen LogP contribution is -2.14. The molecule has 0 fully saturated rings. The first-order valence-electron chi connectivity index (χ1n) is 9.24. The Balaban J connectivity index is 2.15. The number of methoxy groups -OCH3 is 1. The molecule has 1 aromatic carbocycles. The quantitative estimate of drug-likeness (QED) is 0.275. The summed E-state index contributed by atoms with van der Waals surface area (Å²) in [6.07, 6.45) is 1.27. The molecule has 0 aliphatic rings. The Hall–Kier alpha value is -3.71. The predicted octanol–water partition coefficient (Wildman–Crippen LogP) is 3.03. The molecule has 0 aliphatic carbocycles. The number of anilines is 2. The van der Waals surface area contributed by atoms with Crippen molar-refractivity contribution in [3.63, 3.8) is 0 Å². The van der Waals surface area contributed by atoms with Gasteiger partial charge in [-0.2, -0.15) is 0 Å². The van der Waals surface area contributed by atoms with Crippen LogP contribution >= 0.6 is 11.8 Å². The number of hydrogen-bond donors (Lipinski definition) is 2. The van der Waals surface area contributed by atoms with Crippen molar-refractivity contribution in [1.82, 2.24) is 14.5 Å². The standard InChI is InChI=1S/C21H21N5O4S/c1-5-30-21(28)24-13-9-7-6-8-12(13)10-11-14-15-16(22)17(19(27)29-3)26(2)18(15)25-20(23-14)31-4/h6-9H,5,22H2,1-4H3,(H,24,28). The Morgan fingerprint density at radius 2 is 2.00 bits per heavy atom. The fourth-order valence-electron chi connectivity index (χ4n) is 2.95. The number of amides is 1. The molecule has 3 aromatic rings. The largest absolute Gasteiger partial charge is 0.464 e. The molecule has 0 unspecified atom stereocenters. The molecule has 0 radical (unpaired) electrons. The van der Waals surface area contributed by atoms with Crippen molar-refractivity contribution >= 4 is 46.2 Å². The van der Waals surface area contributed by atoms with E-state index in [0.717, 1.165) is 0 Å². The van der Waals surface area contributed by atoms with Crippen LogP contribution in [-0.4, -0.2) is 46.6 Å². The van der Waals surface area contributed by atoms with Crippen LogP contribution in [0.25, 0.3) is 11.0 Å². The van der Waals surface area contributed by atoms with Gasteiger partial charge in [0.2, 0.25) is 0 Å². The number of carbonyl (C=O) groups excluding carboxylic acids is 2. The van der Waals surface area contributed by atoms with Gasteiger partial charge in [-0.05, 0) is 31.2 Å². The molecule has 31 heavy (non-hydrogen) atoms. The van der Waals surface area contributed by atoms with Crippen molar-refractivity contribution in [1.29, 1.82) is 0 Å². The summed E-state index contributed by atoms with van der Waals surface area (Å²) in [5, 5.41) is 3.60. The van der Waals surface area contributed by atoms with Crippen LogP contribution in [0.4, 0.5) is 16.2 Å². The first kappa shape index (κ1) is 22.0. The van der Waals surface area contributed by atoms with Crippen molar-refractivity contribution in [2.45, 2.75) is 12.1 Å². The number of aromatic nitrogens is 3. The Morgan fingerprint density at radius 3 is 2.68 bits per heavy atom. The topological polar surface area (TPSA) is 121 Å². The molecular formula is C21H21N5O4S. The van der Waals surface area contributed by atoms with Gasteiger partial charge in [-0.25, -0.2) is 19.6 Å². The number of esters is 1. The zero-order valence-electron chi connectivity index (χ0n) is 17.5. The van der Waals surface area contributed by atoms with Crippen LogP contribution in [0.1, 0.15) is 28.7 Å². The van der Waals surface area contributed by atoms with E-state index in [-0.39, 0.29) is 18.0 Å². The highest BCUT2D eigenvalue weighted by Gasteiger charge is 2.24. The number of aryl methyl sites for hydroxylation is 1. The molecule has 1 amide bonds. The van der Waals surface area contributed by atoms with Crippen molar-refractivity contribution in [2.24, 2.45) is 7.05 Å². The summed E-state index contributed by atoms with van der Waals surface area (Å²) >= 11 is 1.34. The van der Waals surface area contributed by atoms with Gasteiger partial charge < -0.3 is 19.8 Å². The predicted molar refractivity (Wildman–Crippen MR) is 119 cm³/mol. The van der Waals surface area contributed by atoms with Crippen LogP contribution in [0.15, 0.2) is 29.4 Å². The van der Waals surface area contributed by atoms with E-state index in [2.05, 4.69) is 27.1 Å². The molecule has 3 rings (SSSR count). The van der Waals surface area contributed by atoms with Gasteiger partial charge in [-0.1, -0.05) is 29.8 Å². The van der Waals surface area contributed by atoms with Crippen LogP contribution < -0.4 is 11.1 Å². The van der Waals surface area contributed by atoms with Crippen LogP contribution in [-0.2, 0) is 16.5 Å². The number of nitrogens with one attached hydrogen (secondary N) is 1. The van der Waals surface area contributed by atoms with E-state index in [1.54, 1.807) is 42.8 Å². The summed E-state index contributed by atoms with van der Waals surface area (Å²) in [7, 11) is 2.96. The number of nitrogen functional groups attached to an aromatic ring is 1. The average molecular weight is 439 g/mol. The Kier molecular flexibility index (Phi) is 6.67. The highest BCUT2D eigenvalue weighted by Crippen LogP contribution is 2.30. The number of hydrogen-bond acceptors (Lipinski definition) is 8. The maximum Gasteiger partial charge on any atom is 0.411 e. The lowest BCUT2D eigenvalue weighted by molar-refractivity contribution is 0.0591. The molecule has 9 nitrogen and oxygen atoms in total. The van der Waals surface area contributed by atoms with E-state index in [1.807, 2.05) is 6.26 Å². The summed E-state index contributed by atoms with van der Waals surface area (Å²) in [5.41, 5.74) is 8.53. The fourth-order valence-corrected chi connectivity index (χ4v) is 3.32. The Morgan fingerprint density at radius 1 is 1.26 bits per heavy atom. The summed E-state index contributed by atoms with van der Waals surface area (Å²) in [6.45, 7) is 1.98. The van der Waals surface area contributed by atoms with Crippen LogP contribution in [0.5, 0.6) is 0 Å². The second-order valence-electron chi connectivity index (χ2n) is 6.21. The van der Waals surface area contributed by atoms with Gasteiger partial charge in [0.1, 0.15) is 11.3 Å². The molecule has 10 heteroatoms. The SMILES string of the molecule is CCOC(=O)Nc1ccccc1C#Cc1nc(SC)nc2c1c(N)c(C(=O)OC)n2C. The number of carbonyl (C=O) groups is 2. The van der Waals surface area contributed by atoms with E-state index >= 15 is 0 Å². The van der Waals surface area contributed by atoms with Gasteiger partial charge >= 0.3 is 12.1 Å². The minimum Gasteiger partial charge on any atom is -0.464 e. The Bertz CT molecular complexity index is 1230. The third-order valence-corrected chi connectivity index (χ3v) is 4.91. The zero-order chi connectivity index (χ0) is 22.5. The normalized spacial score (nSPS) is 10.3. The number of benzene rings is 1. The summed E-state index contributed by atoms with van der Waals surface area (Å²) in [4.78, 5) is 33.0. The van der Waals surface area contributed by atoms with Crippen LogP contribution in [0, 0.1) is 11.8 Å². The zero-order valence-corrected chi connectivity index (χ0v) is 18.3. The molecule has 160 valence electrons. The van der Waals surface area contributed by atoms with E-state index in [0.29, 0.717) is 33.1 Å². The van der Waals surface area contributed by atoms with E-state index in [1.165, 1.54) is 18.9 Å². The number of thioether (sulfide) groups is 1. The number of nitrogens with two attached hydrogens (primary N) is 1. The first-order valence-corrected chi connectivity index (χ1v) is 10.5. The molecule has 2 heterocycles. The third-order valence-electron chi connectivity index (χ3n) is 4.36.